The molecular weight excluding hydrogens is 258 g/mol. The van der Waals surface area contributed by atoms with Crippen LogP contribution in [0.15, 0.2) is 12.7 Å². The number of rotatable bonds is 6. The van der Waals surface area contributed by atoms with Crippen molar-refractivity contribution in [3.8, 4) is 0 Å². The van der Waals surface area contributed by atoms with E-state index >= 15 is 0 Å². The third kappa shape index (κ3) is 2.73. The molecule has 2 aromatic rings. The fourth-order valence-corrected chi connectivity index (χ4v) is 2.38. The molecule has 0 spiro atoms. The Morgan fingerprint density at radius 3 is 3.20 bits per heavy atom. The van der Waals surface area contributed by atoms with Gasteiger partial charge in [-0.25, -0.2) is 15.0 Å². The fraction of sp³-hybridized carbons (Fsp3) is 0.615. The minimum absolute atomic E-state index is 0.274. The monoisotopic (exact) mass is 277 g/mol. The number of imidazole rings is 1. The molecule has 2 aromatic heterocycles. The molecule has 7 nitrogen and oxygen atoms in total. The van der Waals surface area contributed by atoms with Crippen LogP contribution in [0.4, 0.5) is 5.82 Å². The highest BCUT2D eigenvalue weighted by Gasteiger charge is 2.16. The van der Waals surface area contributed by atoms with E-state index in [-0.39, 0.29) is 6.10 Å². The summed E-state index contributed by atoms with van der Waals surface area (Å²) in [5.41, 5.74) is 1.62. The minimum Gasteiger partial charge on any atom is -0.383 e. The number of aromatic nitrogens is 4. The van der Waals surface area contributed by atoms with Crippen LogP contribution in [0.3, 0.4) is 0 Å². The lowest BCUT2D eigenvalue weighted by atomic mass is 10.2. The van der Waals surface area contributed by atoms with Crippen LogP contribution >= 0.6 is 0 Å². The van der Waals surface area contributed by atoms with Gasteiger partial charge < -0.3 is 19.4 Å². The van der Waals surface area contributed by atoms with Gasteiger partial charge in [-0.05, 0) is 12.8 Å². The Morgan fingerprint density at radius 2 is 2.40 bits per heavy atom. The van der Waals surface area contributed by atoms with E-state index in [1.54, 1.807) is 19.8 Å². The summed E-state index contributed by atoms with van der Waals surface area (Å²) in [5, 5.41) is 3.32. The molecule has 1 N–H and O–H groups in total. The van der Waals surface area contributed by atoms with Gasteiger partial charge in [0.15, 0.2) is 11.5 Å². The first-order valence-corrected chi connectivity index (χ1v) is 6.88. The molecule has 1 unspecified atom stereocenters. The molecule has 0 amide bonds. The van der Waals surface area contributed by atoms with Gasteiger partial charge in [0, 0.05) is 26.8 Å². The second kappa shape index (κ2) is 6.15. The van der Waals surface area contributed by atoms with Gasteiger partial charge in [0.25, 0.3) is 0 Å². The summed E-state index contributed by atoms with van der Waals surface area (Å²) >= 11 is 0. The topological polar surface area (TPSA) is 74.1 Å². The smallest absolute Gasteiger partial charge is 0.165 e. The van der Waals surface area contributed by atoms with Gasteiger partial charge in [0.05, 0.1) is 19.0 Å². The molecule has 108 valence electrons. The molecule has 0 aromatic carbocycles. The molecule has 7 heteroatoms. The average Bonchev–Trinajstić information content (AvgIpc) is 3.12. The molecule has 0 saturated carbocycles. The Kier molecular flexibility index (Phi) is 4.08. The number of hydrogen-bond donors (Lipinski definition) is 1. The lowest BCUT2D eigenvalue weighted by molar-refractivity contribution is 0.120. The van der Waals surface area contributed by atoms with Gasteiger partial charge >= 0.3 is 0 Å². The number of ether oxygens (including phenoxy) is 2. The van der Waals surface area contributed by atoms with Crippen LogP contribution in [0, 0.1) is 0 Å². The van der Waals surface area contributed by atoms with Gasteiger partial charge in [-0.1, -0.05) is 0 Å². The summed E-state index contributed by atoms with van der Waals surface area (Å²) in [6.45, 7) is 2.98. The van der Waals surface area contributed by atoms with Crippen molar-refractivity contribution in [3.05, 3.63) is 12.7 Å². The summed E-state index contributed by atoms with van der Waals surface area (Å²) in [5.74, 6) is 0.765. The van der Waals surface area contributed by atoms with Gasteiger partial charge in [-0.2, -0.15) is 0 Å². The van der Waals surface area contributed by atoms with Crippen molar-refractivity contribution in [1.29, 1.82) is 0 Å². The molecule has 1 aliphatic rings. The van der Waals surface area contributed by atoms with E-state index in [1.807, 2.05) is 4.57 Å². The fourth-order valence-electron chi connectivity index (χ4n) is 2.38. The maximum atomic E-state index is 5.60. The standard InChI is InChI=1S/C13H19N5O2/c1-19-6-4-18-9-17-11-12(15-8-16-13(11)18)14-7-10-3-2-5-20-10/h8-10H,2-7H2,1H3,(H,14,15,16). The number of fused-ring (bicyclic) bond motifs is 1. The zero-order valence-electron chi connectivity index (χ0n) is 11.6. The zero-order chi connectivity index (χ0) is 13.8. The van der Waals surface area contributed by atoms with E-state index in [4.69, 9.17) is 9.47 Å². The van der Waals surface area contributed by atoms with Gasteiger partial charge in [0.1, 0.15) is 11.8 Å². The third-order valence-electron chi connectivity index (χ3n) is 3.46. The van der Waals surface area contributed by atoms with Crippen molar-refractivity contribution in [1.82, 2.24) is 19.5 Å². The van der Waals surface area contributed by atoms with Crippen LogP contribution in [-0.2, 0) is 16.0 Å². The van der Waals surface area contributed by atoms with E-state index in [9.17, 15) is 0 Å². The lowest BCUT2D eigenvalue weighted by Crippen LogP contribution is -2.19. The van der Waals surface area contributed by atoms with Gasteiger partial charge in [-0.3, -0.25) is 0 Å². The number of nitrogens with zero attached hydrogens (tertiary/aromatic N) is 4. The molecule has 0 bridgehead atoms. The molecule has 1 atom stereocenters. The molecule has 20 heavy (non-hydrogen) atoms. The number of methoxy groups -OCH3 is 1. The quantitative estimate of drug-likeness (QED) is 0.851. The zero-order valence-corrected chi connectivity index (χ0v) is 11.6. The van der Waals surface area contributed by atoms with Crippen molar-refractivity contribution in [2.24, 2.45) is 0 Å². The summed E-state index contributed by atoms with van der Waals surface area (Å²) < 4.78 is 12.7. The number of nitrogens with one attached hydrogen (secondary N) is 1. The largest absolute Gasteiger partial charge is 0.383 e. The molecule has 0 radical (unpaired) electrons. The van der Waals surface area contributed by atoms with Crippen molar-refractivity contribution in [2.75, 3.05) is 32.2 Å². The Labute approximate surface area is 117 Å². The van der Waals surface area contributed by atoms with E-state index in [2.05, 4.69) is 20.3 Å². The van der Waals surface area contributed by atoms with Crippen LogP contribution in [-0.4, -0.2) is 52.5 Å². The summed E-state index contributed by atoms with van der Waals surface area (Å²) in [4.78, 5) is 13.0. The van der Waals surface area contributed by atoms with E-state index < -0.39 is 0 Å². The summed E-state index contributed by atoms with van der Waals surface area (Å²) in [7, 11) is 1.68. The number of anilines is 1. The van der Waals surface area contributed by atoms with Crippen molar-refractivity contribution >= 4 is 17.0 Å². The summed E-state index contributed by atoms with van der Waals surface area (Å²) in [6.07, 6.45) is 5.84. The highest BCUT2D eigenvalue weighted by atomic mass is 16.5. The Bertz CT molecular complexity index is 565. The first kappa shape index (κ1) is 13.3. The predicted molar refractivity (Wildman–Crippen MR) is 74.7 cm³/mol. The second-order valence-corrected chi connectivity index (χ2v) is 4.84. The molecular formula is C13H19N5O2. The van der Waals surface area contributed by atoms with Crippen LogP contribution in [0.1, 0.15) is 12.8 Å². The third-order valence-corrected chi connectivity index (χ3v) is 3.46. The molecule has 1 aliphatic heterocycles. The summed E-state index contributed by atoms with van der Waals surface area (Å²) in [6, 6.07) is 0. The molecule has 3 rings (SSSR count). The Morgan fingerprint density at radius 1 is 1.45 bits per heavy atom. The van der Waals surface area contributed by atoms with Crippen LogP contribution < -0.4 is 5.32 Å². The molecule has 1 saturated heterocycles. The molecule has 3 heterocycles. The highest BCUT2D eigenvalue weighted by Crippen LogP contribution is 2.18. The lowest BCUT2D eigenvalue weighted by Gasteiger charge is -2.11. The Hall–Kier alpha value is -1.73. The van der Waals surface area contributed by atoms with E-state index in [0.29, 0.717) is 6.61 Å². The molecule has 0 aliphatic carbocycles. The van der Waals surface area contributed by atoms with Crippen molar-refractivity contribution in [3.63, 3.8) is 0 Å². The second-order valence-electron chi connectivity index (χ2n) is 4.84. The van der Waals surface area contributed by atoms with Crippen LogP contribution in [0.25, 0.3) is 11.2 Å². The van der Waals surface area contributed by atoms with Crippen LogP contribution in [0.5, 0.6) is 0 Å². The maximum absolute atomic E-state index is 5.60. The SMILES string of the molecule is COCCn1cnc2c(NCC3CCCO3)ncnc21. The first-order chi connectivity index (χ1) is 9.88. The first-order valence-electron chi connectivity index (χ1n) is 6.88. The maximum Gasteiger partial charge on any atom is 0.165 e. The highest BCUT2D eigenvalue weighted by molar-refractivity contribution is 5.82. The van der Waals surface area contributed by atoms with Crippen molar-refractivity contribution in [2.45, 2.75) is 25.5 Å². The normalized spacial score (nSPS) is 18.8. The van der Waals surface area contributed by atoms with Crippen LogP contribution in [0.2, 0.25) is 0 Å². The van der Waals surface area contributed by atoms with Gasteiger partial charge in [-0.15, -0.1) is 0 Å². The minimum atomic E-state index is 0.274. The van der Waals surface area contributed by atoms with Crippen molar-refractivity contribution < 1.29 is 9.47 Å². The van der Waals surface area contributed by atoms with E-state index in [0.717, 1.165) is 49.5 Å². The van der Waals surface area contributed by atoms with E-state index in [1.165, 1.54) is 0 Å². The number of hydrogen-bond acceptors (Lipinski definition) is 6. The van der Waals surface area contributed by atoms with Gasteiger partial charge in [0.2, 0.25) is 0 Å². The predicted octanol–water partition coefficient (Wildman–Crippen LogP) is 1.06. The Balaban J connectivity index is 1.75. The molecule has 1 fully saturated rings. The average molecular weight is 277 g/mol.